The van der Waals surface area contributed by atoms with Crippen molar-refractivity contribution >= 4 is 38.9 Å². The van der Waals surface area contributed by atoms with Crippen LogP contribution < -0.4 is 5.32 Å². The summed E-state index contributed by atoms with van der Waals surface area (Å²) in [6.07, 6.45) is 1.73. The number of hydrogen-bond donors (Lipinski definition) is 1. The molecule has 0 saturated heterocycles. The Morgan fingerprint density at radius 2 is 2.25 bits per heavy atom. The van der Waals surface area contributed by atoms with Crippen LogP contribution in [0.25, 0.3) is 0 Å². The van der Waals surface area contributed by atoms with Crippen LogP contribution in [0.1, 0.15) is 30.5 Å². The second kappa shape index (κ2) is 7.55. The Kier molecular flexibility index (Phi) is 6.02. The minimum absolute atomic E-state index is 0.150. The molecule has 20 heavy (non-hydrogen) atoms. The van der Waals surface area contributed by atoms with Crippen LogP contribution in [0.3, 0.4) is 0 Å². The fourth-order valence-electron chi connectivity index (χ4n) is 2.06. The summed E-state index contributed by atoms with van der Waals surface area (Å²) in [6, 6.07) is 7.23. The normalized spacial score (nSPS) is 12.6. The Hall–Kier alpha value is -0.420. The van der Waals surface area contributed by atoms with E-state index in [1.807, 2.05) is 6.07 Å². The van der Waals surface area contributed by atoms with Gasteiger partial charge in [0, 0.05) is 6.04 Å². The van der Waals surface area contributed by atoms with Crippen molar-refractivity contribution in [2.24, 2.45) is 0 Å². The van der Waals surface area contributed by atoms with Crippen molar-refractivity contribution < 1.29 is 4.39 Å². The quantitative estimate of drug-likeness (QED) is 0.693. The minimum atomic E-state index is -0.357. The molecule has 1 aromatic heterocycles. The van der Waals surface area contributed by atoms with Gasteiger partial charge in [0.2, 0.25) is 0 Å². The molecule has 0 aliphatic heterocycles. The highest BCUT2D eigenvalue weighted by atomic mass is 79.9. The van der Waals surface area contributed by atoms with Crippen molar-refractivity contribution in [3.8, 4) is 0 Å². The summed E-state index contributed by atoms with van der Waals surface area (Å²) in [5, 5.41) is 5.84. The van der Waals surface area contributed by atoms with Gasteiger partial charge >= 0.3 is 0 Å². The Morgan fingerprint density at radius 1 is 1.45 bits per heavy atom. The highest BCUT2D eigenvalue weighted by Gasteiger charge is 2.16. The molecule has 5 heteroatoms. The molecule has 1 nitrogen and oxygen atoms in total. The molecular formula is C15H16BrClFNS. The molecule has 0 radical (unpaired) electrons. The standard InChI is InChI=1S/C15H16BrClFNS/c1-2-6-19-13(11-8-14(16)20-9-11)7-10-4-3-5-12(18)15(10)17/h3-5,8-9,13,19H,2,6-7H2,1H3. The van der Waals surface area contributed by atoms with E-state index in [4.69, 9.17) is 11.6 Å². The Labute approximate surface area is 136 Å². The van der Waals surface area contributed by atoms with Gasteiger partial charge in [0.15, 0.2) is 0 Å². The fourth-order valence-corrected chi connectivity index (χ4v) is 3.49. The molecule has 1 N–H and O–H groups in total. The van der Waals surface area contributed by atoms with Crippen molar-refractivity contribution in [3.05, 3.63) is 55.4 Å². The maximum Gasteiger partial charge on any atom is 0.142 e. The van der Waals surface area contributed by atoms with Crippen LogP contribution in [0.15, 0.2) is 33.4 Å². The molecule has 1 heterocycles. The second-order valence-corrected chi connectivity index (χ2v) is 7.28. The van der Waals surface area contributed by atoms with Gasteiger partial charge in [-0.15, -0.1) is 11.3 Å². The first-order valence-corrected chi connectivity index (χ1v) is 8.57. The van der Waals surface area contributed by atoms with Crippen LogP contribution in [0, 0.1) is 5.82 Å². The predicted octanol–water partition coefficient (Wildman–Crippen LogP) is 5.59. The first-order chi connectivity index (χ1) is 9.61. The largest absolute Gasteiger partial charge is 0.310 e. The maximum atomic E-state index is 13.5. The number of halogens is 3. The lowest BCUT2D eigenvalue weighted by Crippen LogP contribution is -2.23. The van der Waals surface area contributed by atoms with E-state index < -0.39 is 0 Å². The van der Waals surface area contributed by atoms with Crippen LogP contribution in [-0.2, 0) is 6.42 Å². The molecular weight excluding hydrogens is 361 g/mol. The molecule has 108 valence electrons. The summed E-state index contributed by atoms with van der Waals surface area (Å²) in [4.78, 5) is 0. The van der Waals surface area contributed by atoms with Gasteiger partial charge < -0.3 is 5.32 Å². The molecule has 1 unspecified atom stereocenters. The molecule has 0 amide bonds. The molecule has 2 rings (SSSR count). The van der Waals surface area contributed by atoms with Gasteiger partial charge in [-0.1, -0.05) is 30.7 Å². The average Bonchev–Trinajstić information content (AvgIpc) is 2.86. The number of thiophene rings is 1. The fraction of sp³-hybridized carbons (Fsp3) is 0.333. The van der Waals surface area contributed by atoms with Crippen molar-refractivity contribution in [3.63, 3.8) is 0 Å². The zero-order valence-corrected chi connectivity index (χ0v) is 14.3. The van der Waals surface area contributed by atoms with Crippen LogP contribution in [-0.4, -0.2) is 6.54 Å². The zero-order valence-electron chi connectivity index (χ0n) is 11.1. The predicted molar refractivity (Wildman–Crippen MR) is 88.2 cm³/mol. The topological polar surface area (TPSA) is 12.0 Å². The number of rotatable bonds is 6. The van der Waals surface area contributed by atoms with Gasteiger partial charge in [-0.25, -0.2) is 4.39 Å². The van der Waals surface area contributed by atoms with Crippen molar-refractivity contribution in [2.75, 3.05) is 6.54 Å². The van der Waals surface area contributed by atoms with Gasteiger partial charge in [-0.2, -0.15) is 0 Å². The first-order valence-electron chi connectivity index (χ1n) is 6.52. The Balaban J connectivity index is 2.21. The minimum Gasteiger partial charge on any atom is -0.310 e. The SMILES string of the molecule is CCCNC(Cc1cccc(F)c1Cl)c1csc(Br)c1. The van der Waals surface area contributed by atoms with E-state index in [-0.39, 0.29) is 16.9 Å². The molecule has 2 aromatic rings. The van der Waals surface area contributed by atoms with Crippen molar-refractivity contribution in [1.29, 1.82) is 0 Å². The van der Waals surface area contributed by atoms with Gasteiger partial charge in [0.05, 0.1) is 8.81 Å². The third kappa shape index (κ3) is 4.04. The summed E-state index contributed by atoms with van der Waals surface area (Å²) in [6.45, 7) is 3.05. The monoisotopic (exact) mass is 375 g/mol. The second-order valence-electron chi connectivity index (χ2n) is 4.61. The molecule has 1 atom stereocenters. The van der Waals surface area contributed by atoms with Crippen LogP contribution in [0.2, 0.25) is 5.02 Å². The van der Waals surface area contributed by atoms with Gasteiger partial charge in [-0.3, -0.25) is 0 Å². The molecule has 0 aliphatic rings. The summed E-state index contributed by atoms with van der Waals surface area (Å²) in [5.41, 5.74) is 2.04. The van der Waals surface area contributed by atoms with Crippen molar-refractivity contribution in [1.82, 2.24) is 5.32 Å². The lowest BCUT2D eigenvalue weighted by Gasteiger charge is -2.18. The summed E-state index contributed by atoms with van der Waals surface area (Å²) in [7, 11) is 0. The molecule has 1 aromatic carbocycles. The highest BCUT2D eigenvalue weighted by molar-refractivity contribution is 9.11. The smallest absolute Gasteiger partial charge is 0.142 e. The first kappa shape index (κ1) is 16.0. The van der Waals surface area contributed by atoms with Crippen molar-refractivity contribution in [2.45, 2.75) is 25.8 Å². The molecule has 0 bridgehead atoms. The third-order valence-corrected chi connectivity index (χ3v) is 5.03. The molecule has 0 spiro atoms. The molecule has 0 fully saturated rings. The van der Waals surface area contributed by atoms with E-state index >= 15 is 0 Å². The number of hydrogen-bond acceptors (Lipinski definition) is 2. The van der Waals surface area contributed by atoms with Gasteiger partial charge in [0.25, 0.3) is 0 Å². The van der Waals surface area contributed by atoms with Gasteiger partial charge in [-0.05, 0) is 64.0 Å². The van der Waals surface area contributed by atoms with E-state index in [0.717, 1.165) is 22.3 Å². The number of nitrogens with one attached hydrogen (secondary N) is 1. The lowest BCUT2D eigenvalue weighted by atomic mass is 10.0. The van der Waals surface area contributed by atoms with Crippen LogP contribution >= 0.6 is 38.9 Å². The van der Waals surface area contributed by atoms with E-state index in [1.54, 1.807) is 17.4 Å². The van der Waals surface area contributed by atoms with E-state index in [0.29, 0.717) is 6.42 Å². The van der Waals surface area contributed by atoms with Crippen LogP contribution in [0.4, 0.5) is 4.39 Å². The van der Waals surface area contributed by atoms with E-state index in [2.05, 4.69) is 39.6 Å². The van der Waals surface area contributed by atoms with E-state index in [1.165, 1.54) is 11.6 Å². The summed E-state index contributed by atoms with van der Waals surface area (Å²) in [5.74, 6) is -0.357. The third-order valence-electron chi connectivity index (χ3n) is 3.09. The number of benzene rings is 1. The lowest BCUT2D eigenvalue weighted by molar-refractivity contribution is 0.528. The highest BCUT2D eigenvalue weighted by Crippen LogP contribution is 2.30. The van der Waals surface area contributed by atoms with Gasteiger partial charge in [0.1, 0.15) is 5.82 Å². The Morgan fingerprint density at radius 3 is 2.90 bits per heavy atom. The summed E-state index contributed by atoms with van der Waals surface area (Å²) >= 11 is 11.2. The summed E-state index contributed by atoms with van der Waals surface area (Å²) < 4.78 is 14.6. The van der Waals surface area contributed by atoms with Crippen LogP contribution in [0.5, 0.6) is 0 Å². The molecule has 0 aliphatic carbocycles. The molecule has 0 saturated carbocycles. The zero-order chi connectivity index (χ0) is 14.5. The maximum absolute atomic E-state index is 13.5. The van der Waals surface area contributed by atoms with E-state index in [9.17, 15) is 4.39 Å². The average molecular weight is 377 g/mol. The Bertz CT molecular complexity index is 573.